The van der Waals surface area contributed by atoms with E-state index in [1.807, 2.05) is 0 Å². The maximum absolute atomic E-state index is 5.46. The summed E-state index contributed by atoms with van der Waals surface area (Å²) in [7, 11) is 0. The highest BCUT2D eigenvalue weighted by Crippen LogP contribution is 2.29. The molecule has 3 fully saturated rings. The minimum Gasteiger partial charge on any atom is -0.353 e. The second-order valence-electron chi connectivity index (χ2n) is 4.54. The third-order valence-corrected chi connectivity index (χ3v) is 3.43. The quantitative estimate of drug-likeness (QED) is 0.589. The number of hydrogen-bond acceptors (Lipinski definition) is 4. The standard InChI is InChI=1S/C10H18N2O2/c1-7-9(13-7)11-3-5-12(6-4-11)10-8(2)14-10/h7-10H,3-6H2,1-2H3. The van der Waals surface area contributed by atoms with Crippen LogP contribution >= 0.6 is 0 Å². The van der Waals surface area contributed by atoms with E-state index in [4.69, 9.17) is 9.47 Å². The van der Waals surface area contributed by atoms with Crippen LogP contribution in [0.1, 0.15) is 13.8 Å². The molecule has 0 bridgehead atoms. The third-order valence-electron chi connectivity index (χ3n) is 3.43. The number of piperazine rings is 1. The van der Waals surface area contributed by atoms with Crippen LogP contribution < -0.4 is 0 Å². The predicted molar refractivity (Wildman–Crippen MR) is 51.8 cm³/mol. The molecule has 0 radical (unpaired) electrons. The van der Waals surface area contributed by atoms with E-state index in [0.717, 1.165) is 26.2 Å². The van der Waals surface area contributed by atoms with Gasteiger partial charge in [-0.2, -0.15) is 0 Å². The Bertz CT molecular complexity index is 204. The molecule has 80 valence electrons. The highest BCUT2D eigenvalue weighted by atomic mass is 16.6. The molecule has 3 saturated heterocycles. The molecule has 14 heavy (non-hydrogen) atoms. The Hall–Kier alpha value is -0.160. The van der Waals surface area contributed by atoms with E-state index >= 15 is 0 Å². The smallest absolute Gasteiger partial charge is 0.137 e. The van der Waals surface area contributed by atoms with Crippen LogP contribution in [0.5, 0.6) is 0 Å². The van der Waals surface area contributed by atoms with Gasteiger partial charge < -0.3 is 9.47 Å². The lowest BCUT2D eigenvalue weighted by Crippen LogP contribution is -2.49. The first-order valence-electron chi connectivity index (χ1n) is 5.55. The Morgan fingerprint density at radius 2 is 1.07 bits per heavy atom. The first-order chi connectivity index (χ1) is 6.75. The van der Waals surface area contributed by atoms with Crippen molar-refractivity contribution in [1.29, 1.82) is 0 Å². The van der Waals surface area contributed by atoms with Crippen LogP contribution in [0.2, 0.25) is 0 Å². The van der Waals surface area contributed by atoms with E-state index in [0.29, 0.717) is 24.7 Å². The van der Waals surface area contributed by atoms with Crippen LogP contribution in [0.4, 0.5) is 0 Å². The van der Waals surface area contributed by atoms with E-state index in [1.165, 1.54) is 0 Å². The molecule has 0 spiro atoms. The number of rotatable bonds is 2. The summed E-state index contributed by atoms with van der Waals surface area (Å²) in [6.45, 7) is 8.79. The molecule has 4 heteroatoms. The van der Waals surface area contributed by atoms with E-state index < -0.39 is 0 Å². The van der Waals surface area contributed by atoms with Crippen molar-refractivity contribution >= 4 is 0 Å². The molecule has 4 nitrogen and oxygen atoms in total. The molecule has 0 amide bonds. The number of ether oxygens (including phenoxy) is 2. The van der Waals surface area contributed by atoms with Gasteiger partial charge in [-0.3, -0.25) is 9.80 Å². The van der Waals surface area contributed by atoms with Crippen molar-refractivity contribution in [3.8, 4) is 0 Å². The zero-order chi connectivity index (χ0) is 9.71. The average molecular weight is 198 g/mol. The molecule has 4 unspecified atom stereocenters. The Morgan fingerprint density at radius 1 is 0.786 bits per heavy atom. The van der Waals surface area contributed by atoms with Crippen molar-refractivity contribution in [1.82, 2.24) is 9.80 Å². The van der Waals surface area contributed by atoms with Crippen molar-refractivity contribution in [3.05, 3.63) is 0 Å². The van der Waals surface area contributed by atoms with Gasteiger partial charge in [0.25, 0.3) is 0 Å². The highest BCUT2D eigenvalue weighted by Gasteiger charge is 2.44. The second kappa shape index (κ2) is 3.17. The lowest BCUT2D eigenvalue weighted by Gasteiger charge is -2.32. The van der Waals surface area contributed by atoms with Gasteiger partial charge in [0.2, 0.25) is 0 Å². The molecule has 3 aliphatic heterocycles. The summed E-state index contributed by atoms with van der Waals surface area (Å²) in [6, 6.07) is 0. The van der Waals surface area contributed by atoms with Crippen molar-refractivity contribution in [2.45, 2.75) is 38.5 Å². The van der Waals surface area contributed by atoms with Gasteiger partial charge in [-0.05, 0) is 13.8 Å². The largest absolute Gasteiger partial charge is 0.353 e. The highest BCUT2D eigenvalue weighted by molar-refractivity contribution is 4.89. The fourth-order valence-corrected chi connectivity index (χ4v) is 2.36. The summed E-state index contributed by atoms with van der Waals surface area (Å²) in [5.41, 5.74) is 0. The molecule has 4 atom stereocenters. The molecular formula is C10H18N2O2. The van der Waals surface area contributed by atoms with Gasteiger partial charge in [0.1, 0.15) is 12.5 Å². The van der Waals surface area contributed by atoms with Gasteiger partial charge in [-0.15, -0.1) is 0 Å². The molecular weight excluding hydrogens is 180 g/mol. The van der Waals surface area contributed by atoms with Gasteiger partial charge in [0.15, 0.2) is 0 Å². The van der Waals surface area contributed by atoms with E-state index in [2.05, 4.69) is 23.6 Å². The fraction of sp³-hybridized carbons (Fsp3) is 1.00. The van der Waals surface area contributed by atoms with E-state index in [9.17, 15) is 0 Å². The van der Waals surface area contributed by atoms with Gasteiger partial charge in [-0.25, -0.2) is 0 Å². The molecule has 3 aliphatic rings. The molecule has 0 aromatic rings. The number of hydrogen-bond donors (Lipinski definition) is 0. The zero-order valence-electron chi connectivity index (χ0n) is 8.85. The average Bonchev–Trinajstić information content (AvgIpc) is 3.06. The van der Waals surface area contributed by atoms with Crippen LogP contribution in [0.3, 0.4) is 0 Å². The van der Waals surface area contributed by atoms with Crippen molar-refractivity contribution in [2.24, 2.45) is 0 Å². The summed E-state index contributed by atoms with van der Waals surface area (Å²) in [5, 5.41) is 0. The molecule has 0 aromatic carbocycles. The second-order valence-corrected chi connectivity index (χ2v) is 4.54. The first-order valence-corrected chi connectivity index (χ1v) is 5.55. The van der Waals surface area contributed by atoms with Crippen LogP contribution in [0.25, 0.3) is 0 Å². The van der Waals surface area contributed by atoms with E-state index in [-0.39, 0.29) is 0 Å². The van der Waals surface area contributed by atoms with Gasteiger partial charge in [0, 0.05) is 26.2 Å². The van der Waals surface area contributed by atoms with E-state index in [1.54, 1.807) is 0 Å². The minimum atomic E-state index is 0.412. The molecule has 0 aromatic heterocycles. The predicted octanol–water partition coefficient (Wildman–Crippen LogP) is 0.0936. The zero-order valence-corrected chi connectivity index (χ0v) is 8.85. The minimum absolute atomic E-state index is 0.412. The summed E-state index contributed by atoms with van der Waals surface area (Å²) in [5.74, 6) is 0. The first kappa shape index (κ1) is 9.09. The Labute approximate surface area is 84.8 Å². The van der Waals surface area contributed by atoms with Crippen molar-refractivity contribution in [3.63, 3.8) is 0 Å². The summed E-state index contributed by atoms with van der Waals surface area (Å²) >= 11 is 0. The maximum atomic E-state index is 5.46. The lowest BCUT2D eigenvalue weighted by atomic mass is 10.3. The van der Waals surface area contributed by atoms with Crippen LogP contribution in [-0.2, 0) is 9.47 Å². The Balaban J connectivity index is 1.48. The topological polar surface area (TPSA) is 31.5 Å². The molecule has 0 saturated carbocycles. The monoisotopic (exact) mass is 198 g/mol. The van der Waals surface area contributed by atoms with Crippen molar-refractivity contribution < 1.29 is 9.47 Å². The summed E-state index contributed by atoms with van der Waals surface area (Å²) < 4.78 is 10.9. The summed E-state index contributed by atoms with van der Waals surface area (Å²) in [4.78, 5) is 4.88. The summed E-state index contributed by atoms with van der Waals surface area (Å²) in [6.07, 6.45) is 1.74. The van der Waals surface area contributed by atoms with Gasteiger partial charge >= 0.3 is 0 Å². The fourth-order valence-electron chi connectivity index (χ4n) is 2.36. The van der Waals surface area contributed by atoms with Crippen molar-refractivity contribution in [2.75, 3.05) is 26.2 Å². The SMILES string of the molecule is CC1OC1N1CCN(C2OC2C)CC1. The van der Waals surface area contributed by atoms with Gasteiger partial charge in [-0.1, -0.05) is 0 Å². The molecule has 0 N–H and O–H groups in total. The molecule has 0 aliphatic carbocycles. The Kier molecular flexibility index (Phi) is 2.06. The Morgan fingerprint density at radius 3 is 1.29 bits per heavy atom. The van der Waals surface area contributed by atoms with Gasteiger partial charge in [0.05, 0.1) is 12.2 Å². The number of epoxide rings is 2. The van der Waals surface area contributed by atoms with Crippen LogP contribution in [0, 0.1) is 0 Å². The third kappa shape index (κ3) is 1.56. The normalized spacial score (nSPS) is 49.3. The van der Waals surface area contributed by atoms with Crippen LogP contribution in [0.15, 0.2) is 0 Å². The molecule has 3 rings (SSSR count). The van der Waals surface area contributed by atoms with Crippen LogP contribution in [-0.4, -0.2) is 60.6 Å². The number of nitrogens with zero attached hydrogens (tertiary/aromatic N) is 2. The maximum Gasteiger partial charge on any atom is 0.137 e. The lowest BCUT2D eigenvalue weighted by molar-refractivity contribution is 0.0643. The molecule has 3 heterocycles.